The highest BCUT2D eigenvalue weighted by molar-refractivity contribution is 7.86. The molecule has 2 aromatic rings. The van der Waals surface area contributed by atoms with Gasteiger partial charge >= 0.3 is 0 Å². The zero-order chi connectivity index (χ0) is 16.4. The monoisotopic (exact) mass is 347 g/mol. The first-order chi connectivity index (χ1) is 10.1. The number of hydrogen-bond acceptors (Lipinski definition) is 4. The van der Waals surface area contributed by atoms with E-state index < -0.39 is 20.2 Å². The predicted molar refractivity (Wildman–Crippen MR) is 76.8 cm³/mol. The lowest BCUT2D eigenvalue weighted by atomic mass is 10.3. The van der Waals surface area contributed by atoms with E-state index in [9.17, 15) is 16.8 Å². The zero-order valence-corrected chi connectivity index (χ0v) is 13.0. The van der Waals surface area contributed by atoms with E-state index in [-0.39, 0.29) is 17.1 Å². The van der Waals surface area contributed by atoms with Crippen LogP contribution in [0.25, 0.3) is 5.69 Å². The molecule has 8 nitrogen and oxygen atoms in total. The Morgan fingerprint density at radius 2 is 1.68 bits per heavy atom. The van der Waals surface area contributed by atoms with Gasteiger partial charge < -0.3 is 0 Å². The molecule has 1 heterocycles. The van der Waals surface area contributed by atoms with E-state index >= 15 is 0 Å². The summed E-state index contributed by atoms with van der Waals surface area (Å²) in [7, 11) is -8.18. The third-order valence-electron chi connectivity index (χ3n) is 2.94. The van der Waals surface area contributed by atoms with Gasteiger partial charge in [-0.05, 0) is 24.3 Å². The van der Waals surface area contributed by atoms with E-state index in [4.69, 9.17) is 9.11 Å². The van der Waals surface area contributed by atoms with Crippen LogP contribution in [0.2, 0.25) is 0 Å². The molecule has 0 unspecified atom stereocenters. The fourth-order valence-corrected chi connectivity index (χ4v) is 2.87. The van der Waals surface area contributed by atoms with Crippen molar-refractivity contribution >= 4 is 20.2 Å². The van der Waals surface area contributed by atoms with Crippen LogP contribution in [0.15, 0.2) is 47.9 Å². The molecular formula is C12H15N2O6S2+. The molecule has 1 aromatic heterocycles. The molecule has 0 atom stereocenters. The van der Waals surface area contributed by atoms with Gasteiger partial charge in [0.2, 0.25) is 6.33 Å². The van der Waals surface area contributed by atoms with E-state index in [1.165, 1.54) is 24.3 Å². The third kappa shape index (κ3) is 4.63. The van der Waals surface area contributed by atoms with E-state index in [0.717, 1.165) is 0 Å². The molecule has 0 fully saturated rings. The van der Waals surface area contributed by atoms with Gasteiger partial charge in [-0.1, -0.05) is 0 Å². The Balaban J connectivity index is 2.08. The van der Waals surface area contributed by atoms with E-state index in [2.05, 4.69) is 0 Å². The maximum Gasteiger partial charge on any atom is 0.294 e. The number of rotatable bonds is 6. The molecule has 2 N–H and O–H groups in total. The second-order valence-electron chi connectivity index (χ2n) is 4.67. The molecule has 120 valence electrons. The fourth-order valence-electron chi connectivity index (χ4n) is 1.90. The summed E-state index contributed by atoms with van der Waals surface area (Å²) in [5.74, 6) is -0.311. The largest absolute Gasteiger partial charge is 0.294 e. The molecule has 2 rings (SSSR count). The molecule has 0 amide bonds. The van der Waals surface area contributed by atoms with Gasteiger partial charge in [-0.3, -0.25) is 9.11 Å². The number of aryl methyl sites for hydroxylation is 1. The van der Waals surface area contributed by atoms with Crippen molar-refractivity contribution in [1.29, 1.82) is 0 Å². The number of hydrogen-bond donors (Lipinski definition) is 2. The molecule has 0 saturated carbocycles. The van der Waals surface area contributed by atoms with E-state index in [0.29, 0.717) is 12.2 Å². The lowest BCUT2D eigenvalue weighted by molar-refractivity contribution is -0.696. The van der Waals surface area contributed by atoms with Crippen molar-refractivity contribution in [2.24, 2.45) is 0 Å². The Kier molecular flexibility index (Phi) is 4.66. The van der Waals surface area contributed by atoms with Crippen LogP contribution in [0.5, 0.6) is 0 Å². The molecule has 0 radical (unpaired) electrons. The van der Waals surface area contributed by atoms with Crippen LogP contribution in [0.3, 0.4) is 0 Å². The summed E-state index contributed by atoms with van der Waals surface area (Å²) in [6.07, 6.45) is 5.41. The fraction of sp³-hybridized carbons (Fsp3) is 0.250. The second-order valence-corrected chi connectivity index (χ2v) is 7.66. The lowest BCUT2D eigenvalue weighted by Crippen LogP contribution is -2.32. The molecular weight excluding hydrogens is 332 g/mol. The van der Waals surface area contributed by atoms with Crippen LogP contribution >= 0.6 is 0 Å². The summed E-state index contributed by atoms with van der Waals surface area (Å²) >= 11 is 0. The summed E-state index contributed by atoms with van der Waals surface area (Å²) < 4.78 is 64.2. The predicted octanol–water partition coefficient (Wildman–Crippen LogP) is 0.289. The molecule has 0 aliphatic carbocycles. The average molecular weight is 347 g/mol. The minimum atomic E-state index is -4.22. The van der Waals surface area contributed by atoms with Gasteiger partial charge in [-0.25, -0.2) is 9.13 Å². The summed E-state index contributed by atoms with van der Waals surface area (Å²) in [5.41, 5.74) is 0.681. The van der Waals surface area contributed by atoms with Crippen molar-refractivity contribution in [2.45, 2.75) is 17.9 Å². The van der Waals surface area contributed by atoms with Crippen LogP contribution in [-0.4, -0.2) is 36.3 Å². The molecule has 0 spiro atoms. The van der Waals surface area contributed by atoms with Gasteiger partial charge in [-0.15, -0.1) is 0 Å². The van der Waals surface area contributed by atoms with Crippen molar-refractivity contribution in [3.63, 3.8) is 0 Å². The van der Waals surface area contributed by atoms with E-state index in [1.54, 1.807) is 27.9 Å². The quantitative estimate of drug-likeness (QED) is 0.573. The van der Waals surface area contributed by atoms with Crippen molar-refractivity contribution in [3.05, 3.63) is 43.0 Å². The van der Waals surface area contributed by atoms with Crippen LogP contribution in [0.1, 0.15) is 6.42 Å². The second kappa shape index (κ2) is 6.16. The number of aromatic nitrogens is 2. The zero-order valence-electron chi connectivity index (χ0n) is 11.4. The highest BCUT2D eigenvalue weighted by Gasteiger charge is 2.12. The van der Waals surface area contributed by atoms with Crippen molar-refractivity contribution in [2.75, 3.05) is 5.75 Å². The van der Waals surface area contributed by atoms with Gasteiger partial charge in [0.15, 0.2) is 0 Å². The molecule has 0 aliphatic heterocycles. The van der Waals surface area contributed by atoms with Crippen LogP contribution in [0, 0.1) is 0 Å². The van der Waals surface area contributed by atoms with E-state index in [1.807, 2.05) is 0 Å². The van der Waals surface area contributed by atoms with Gasteiger partial charge in [0.25, 0.3) is 20.2 Å². The van der Waals surface area contributed by atoms with Gasteiger partial charge in [0.05, 0.1) is 17.2 Å². The topological polar surface area (TPSA) is 118 Å². The molecule has 1 aromatic carbocycles. The SMILES string of the molecule is O=S(=O)(O)CCC[n+]1ccn(-c2ccc(S(=O)(=O)O)cc2)c1. The van der Waals surface area contributed by atoms with Crippen LogP contribution < -0.4 is 4.57 Å². The summed E-state index contributed by atoms with van der Waals surface area (Å²) in [5, 5.41) is 0. The smallest absolute Gasteiger partial charge is 0.286 e. The van der Waals surface area contributed by atoms with Crippen LogP contribution in [-0.2, 0) is 26.8 Å². The summed E-state index contributed by atoms with van der Waals surface area (Å²) in [6, 6.07) is 5.64. The molecule has 0 bridgehead atoms. The Bertz CT molecular complexity index is 853. The van der Waals surface area contributed by atoms with Gasteiger partial charge in [-0.2, -0.15) is 16.8 Å². The molecule has 10 heteroatoms. The first kappa shape index (κ1) is 16.6. The standard InChI is InChI=1S/C12H14N2O6S2/c15-21(16,17)9-1-6-13-7-8-14(10-13)11-2-4-12(5-3-11)22(18,19)20/h2-5,7-8,10H,1,6,9H2,(H-,15,16,17,18,19,20)/p+1. The summed E-state index contributed by atoms with van der Waals surface area (Å²) in [4.78, 5) is -0.190. The normalized spacial score (nSPS) is 12.5. The Morgan fingerprint density at radius 3 is 2.23 bits per heavy atom. The molecule has 22 heavy (non-hydrogen) atoms. The van der Waals surface area contributed by atoms with Gasteiger partial charge in [0.1, 0.15) is 18.1 Å². The Morgan fingerprint density at radius 1 is 1.05 bits per heavy atom. The van der Waals surface area contributed by atoms with Crippen LogP contribution in [0.4, 0.5) is 0 Å². The number of benzene rings is 1. The third-order valence-corrected chi connectivity index (χ3v) is 4.62. The highest BCUT2D eigenvalue weighted by atomic mass is 32.2. The molecule has 0 saturated heterocycles. The average Bonchev–Trinajstić information content (AvgIpc) is 2.85. The first-order valence-electron chi connectivity index (χ1n) is 6.25. The maximum atomic E-state index is 11.0. The summed E-state index contributed by atoms with van der Waals surface area (Å²) in [6.45, 7) is 0.413. The first-order valence-corrected chi connectivity index (χ1v) is 9.30. The minimum absolute atomic E-state index is 0.190. The lowest BCUT2D eigenvalue weighted by Gasteiger charge is -1.98. The maximum absolute atomic E-state index is 11.0. The molecule has 0 aliphatic rings. The Hall–Kier alpha value is -1.75. The number of imidazole rings is 1. The minimum Gasteiger partial charge on any atom is -0.286 e. The highest BCUT2D eigenvalue weighted by Crippen LogP contribution is 2.12. The number of nitrogens with zero attached hydrogens (tertiary/aromatic N) is 2. The van der Waals surface area contributed by atoms with Gasteiger partial charge in [0, 0.05) is 6.42 Å². The Labute approximate surface area is 128 Å². The van der Waals surface area contributed by atoms with Crippen molar-refractivity contribution in [3.8, 4) is 5.69 Å². The van der Waals surface area contributed by atoms with Crippen molar-refractivity contribution < 1.29 is 30.5 Å². The van der Waals surface area contributed by atoms with Crippen molar-refractivity contribution in [1.82, 2.24) is 4.57 Å².